The summed E-state index contributed by atoms with van der Waals surface area (Å²) in [6, 6.07) is 0. The summed E-state index contributed by atoms with van der Waals surface area (Å²) in [4.78, 5) is 21.9. The van der Waals surface area contributed by atoms with E-state index in [1.165, 1.54) is 4.88 Å². The number of rotatable bonds is 2. The van der Waals surface area contributed by atoms with Crippen molar-refractivity contribution in [3.8, 4) is 0 Å². The minimum Gasteiger partial charge on any atom is -0.344 e. The van der Waals surface area contributed by atoms with Crippen LogP contribution in [0.3, 0.4) is 0 Å². The molecule has 5 heteroatoms. The fourth-order valence-corrected chi connectivity index (χ4v) is 4.11. The van der Waals surface area contributed by atoms with Gasteiger partial charge in [-0.25, -0.2) is 4.98 Å². The Morgan fingerprint density at radius 2 is 2.33 bits per heavy atom. The lowest BCUT2D eigenvalue weighted by atomic mass is 9.72. The number of nitrogens with zero attached hydrogens (tertiary/aromatic N) is 3. The summed E-state index contributed by atoms with van der Waals surface area (Å²) in [5, 5.41) is 1.12. The van der Waals surface area contributed by atoms with Gasteiger partial charge in [0.25, 0.3) is 0 Å². The van der Waals surface area contributed by atoms with Crippen LogP contribution < -0.4 is 0 Å². The van der Waals surface area contributed by atoms with Crippen LogP contribution in [0.4, 0.5) is 0 Å². The lowest BCUT2D eigenvalue weighted by Crippen LogP contribution is -2.65. The topological polar surface area (TPSA) is 36.4 Å². The average molecular weight is 265 g/mol. The third kappa shape index (κ3) is 1.95. The summed E-state index contributed by atoms with van der Waals surface area (Å²) in [7, 11) is 1.90. The Morgan fingerprint density at radius 1 is 1.50 bits per heavy atom. The van der Waals surface area contributed by atoms with E-state index in [1.807, 2.05) is 25.1 Å². The highest BCUT2D eigenvalue weighted by Crippen LogP contribution is 2.39. The van der Waals surface area contributed by atoms with Gasteiger partial charge in [0, 0.05) is 37.8 Å². The van der Waals surface area contributed by atoms with Crippen LogP contribution in [-0.4, -0.2) is 47.4 Å². The molecule has 0 N–H and O–H groups in total. The van der Waals surface area contributed by atoms with E-state index in [0.29, 0.717) is 5.91 Å². The predicted octanol–water partition coefficient (Wildman–Crippen LogP) is 1.51. The second-order valence-electron chi connectivity index (χ2n) is 5.60. The number of hydrogen-bond acceptors (Lipinski definition) is 4. The van der Waals surface area contributed by atoms with Gasteiger partial charge in [0.05, 0.1) is 10.4 Å². The van der Waals surface area contributed by atoms with Gasteiger partial charge < -0.3 is 4.90 Å². The van der Waals surface area contributed by atoms with Gasteiger partial charge in [-0.1, -0.05) is 0 Å². The molecule has 1 atom stereocenters. The van der Waals surface area contributed by atoms with Gasteiger partial charge >= 0.3 is 0 Å². The van der Waals surface area contributed by atoms with E-state index in [-0.39, 0.29) is 5.41 Å². The first kappa shape index (κ1) is 12.1. The largest absolute Gasteiger partial charge is 0.344 e. The highest BCUT2D eigenvalue weighted by Gasteiger charge is 2.52. The summed E-state index contributed by atoms with van der Waals surface area (Å²) in [6.07, 6.45) is 4.17. The number of amides is 1. The molecule has 98 valence electrons. The molecule has 3 heterocycles. The highest BCUT2D eigenvalue weighted by molar-refractivity contribution is 7.11. The van der Waals surface area contributed by atoms with Gasteiger partial charge in [-0.3, -0.25) is 9.69 Å². The van der Waals surface area contributed by atoms with Crippen molar-refractivity contribution < 1.29 is 4.79 Å². The molecule has 0 unspecified atom stereocenters. The average Bonchev–Trinajstić information content (AvgIpc) is 2.75. The van der Waals surface area contributed by atoms with E-state index < -0.39 is 0 Å². The van der Waals surface area contributed by atoms with Gasteiger partial charge in [0.1, 0.15) is 0 Å². The molecule has 4 nitrogen and oxygen atoms in total. The molecule has 0 saturated carbocycles. The van der Waals surface area contributed by atoms with Crippen LogP contribution in [0.1, 0.15) is 22.7 Å². The van der Waals surface area contributed by atoms with Crippen molar-refractivity contribution in [2.24, 2.45) is 5.41 Å². The molecular weight excluding hydrogens is 246 g/mol. The SMILES string of the molecule is Cc1ncc(CN2CCC[C@@]3(C2)CN(C)C3=O)s1. The Labute approximate surface area is 112 Å². The predicted molar refractivity (Wildman–Crippen MR) is 71.4 cm³/mol. The summed E-state index contributed by atoms with van der Waals surface area (Å²) in [6.45, 7) is 5.95. The molecule has 0 aromatic carbocycles. The van der Waals surface area contributed by atoms with Crippen molar-refractivity contribution in [2.75, 3.05) is 26.7 Å². The van der Waals surface area contributed by atoms with Gasteiger partial charge in [-0.05, 0) is 26.3 Å². The number of carbonyl (C=O) groups is 1. The molecule has 2 aliphatic heterocycles. The van der Waals surface area contributed by atoms with Crippen LogP contribution in [0.2, 0.25) is 0 Å². The molecule has 1 aromatic heterocycles. The number of aromatic nitrogens is 1. The number of likely N-dealkylation sites (tertiary alicyclic amines) is 2. The van der Waals surface area contributed by atoms with Crippen molar-refractivity contribution in [3.05, 3.63) is 16.1 Å². The van der Waals surface area contributed by atoms with Crippen LogP contribution in [0.5, 0.6) is 0 Å². The molecule has 2 fully saturated rings. The molecule has 1 amide bonds. The Kier molecular flexibility index (Phi) is 2.90. The molecule has 0 bridgehead atoms. The van der Waals surface area contributed by atoms with E-state index in [4.69, 9.17) is 0 Å². The van der Waals surface area contributed by atoms with E-state index in [0.717, 1.165) is 44.0 Å². The highest BCUT2D eigenvalue weighted by atomic mass is 32.1. The fourth-order valence-electron chi connectivity index (χ4n) is 3.27. The van der Waals surface area contributed by atoms with Crippen LogP contribution in [0.15, 0.2) is 6.20 Å². The maximum absolute atomic E-state index is 12.0. The molecule has 2 aliphatic rings. The minimum absolute atomic E-state index is 0.0628. The second kappa shape index (κ2) is 4.31. The van der Waals surface area contributed by atoms with E-state index >= 15 is 0 Å². The Morgan fingerprint density at radius 3 is 2.94 bits per heavy atom. The third-order valence-electron chi connectivity index (χ3n) is 4.04. The summed E-state index contributed by atoms with van der Waals surface area (Å²) < 4.78 is 0. The van der Waals surface area contributed by atoms with Crippen LogP contribution in [0.25, 0.3) is 0 Å². The van der Waals surface area contributed by atoms with Gasteiger partial charge in [0.15, 0.2) is 0 Å². The molecule has 0 aliphatic carbocycles. The van der Waals surface area contributed by atoms with Gasteiger partial charge in [-0.15, -0.1) is 11.3 Å². The molecule has 1 aromatic rings. The van der Waals surface area contributed by atoms with Crippen molar-refractivity contribution in [2.45, 2.75) is 26.3 Å². The lowest BCUT2D eigenvalue weighted by molar-refractivity contribution is -0.163. The molecule has 3 rings (SSSR count). The van der Waals surface area contributed by atoms with Crippen molar-refractivity contribution in [1.29, 1.82) is 0 Å². The van der Waals surface area contributed by atoms with Crippen LogP contribution in [-0.2, 0) is 11.3 Å². The zero-order chi connectivity index (χ0) is 12.8. The normalized spacial score (nSPS) is 28.8. The number of thiazole rings is 1. The quantitative estimate of drug-likeness (QED) is 0.761. The standard InChI is InChI=1S/C13H19N3OS/c1-10-14-6-11(18-10)7-16-5-3-4-13(9-16)8-15(2)12(13)17/h6H,3-5,7-9H2,1-2H3/t13-/m0/s1. The number of hydrogen-bond donors (Lipinski definition) is 0. The summed E-state index contributed by atoms with van der Waals surface area (Å²) >= 11 is 1.76. The van der Waals surface area contributed by atoms with Crippen LogP contribution >= 0.6 is 11.3 Å². The first-order chi connectivity index (χ1) is 8.59. The fraction of sp³-hybridized carbons (Fsp3) is 0.692. The van der Waals surface area contributed by atoms with E-state index in [1.54, 1.807) is 11.3 Å². The van der Waals surface area contributed by atoms with Crippen molar-refractivity contribution in [1.82, 2.24) is 14.8 Å². The lowest BCUT2D eigenvalue weighted by Gasteiger charge is -2.51. The summed E-state index contributed by atoms with van der Waals surface area (Å²) in [5.74, 6) is 0.340. The first-order valence-corrected chi connectivity index (χ1v) is 7.30. The molecule has 0 radical (unpaired) electrons. The number of piperidine rings is 1. The molecule has 18 heavy (non-hydrogen) atoms. The van der Waals surface area contributed by atoms with Gasteiger partial charge in [-0.2, -0.15) is 0 Å². The number of β-lactam (4-membered cyclic amide) rings is 1. The minimum atomic E-state index is -0.0628. The monoisotopic (exact) mass is 265 g/mol. The van der Waals surface area contributed by atoms with Crippen molar-refractivity contribution >= 4 is 17.2 Å². The second-order valence-corrected chi connectivity index (χ2v) is 6.92. The van der Waals surface area contributed by atoms with Crippen LogP contribution in [0, 0.1) is 12.3 Å². The molecule has 2 saturated heterocycles. The Balaban J connectivity index is 1.66. The Hall–Kier alpha value is -0.940. The Bertz CT molecular complexity index is 469. The van der Waals surface area contributed by atoms with E-state index in [2.05, 4.69) is 9.88 Å². The maximum atomic E-state index is 12.0. The molecule has 1 spiro atoms. The van der Waals surface area contributed by atoms with Gasteiger partial charge in [0.2, 0.25) is 5.91 Å². The number of carbonyl (C=O) groups excluding carboxylic acids is 1. The zero-order valence-electron chi connectivity index (χ0n) is 11.0. The zero-order valence-corrected chi connectivity index (χ0v) is 11.8. The van der Waals surface area contributed by atoms with Crippen molar-refractivity contribution in [3.63, 3.8) is 0 Å². The third-order valence-corrected chi connectivity index (χ3v) is 4.94. The number of aryl methyl sites for hydroxylation is 1. The maximum Gasteiger partial charge on any atom is 0.231 e. The molecular formula is C13H19N3OS. The smallest absolute Gasteiger partial charge is 0.231 e. The summed E-state index contributed by atoms with van der Waals surface area (Å²) in [5.41, 5.74) is -0.0628. The van der Waals surface area contributed by atoms with E-state index in [9.17, 15) is 4.79 Å². The first-order valence-electron chi connectivity index (χ1n) is 6.48.